The lowest BCUT2D eigenvalue weighted by atomic mass is 10.2. The molecule has 0 radical (unpaired) electrons. The maximum Gasteiger partial charge on any atom is 0.348 e. The van der Waals surface area contributed by atoms with Gasteiger partial charge in [-0.15, -0.1) is 22.7 Å². The molecule has 0 bridgehead atoms. The standard InChI is InChI=1S/C11H7Br2NO3S2/c1-4-3-18-8(11(16)17)7(4)14-10(15)5-2-6(12)19-9(5)13/h2-3H,1H3,(H,14,15)(H,16,17). The molecule has 2 rings (SSSR count). The van der Waals surface area contributed by atoms with Crippen LogP contribution < -0.4 is 5.32 Å². The molecule has 2 aromatic heterocycles. The number of amides is 1. The fourth-order valence-corrected chi connectivity index (χ4v) is 5.07. The first-order valence-corrected chi connectivity index (χ1v) is 8.26. The molecule has 19 heavy (non-hydrogen) atoms. The molecule has 0 aliphatic heterocycles. The van der Waals surface area contributed by atoms with E-state index in [9.17, 15) is 9.59 Å². The van der Waals surface area contributed by atoms with E-state index in [0.717, 1.165) is 20.7 Å². The number of anilines is 1. The number of thiophene rings is 2. The maximum atomic E-state index is 12.1. The van der Waals surface area contributed by atoms with E-state index in [2.05, 4.69) is 37.2 Å². The number of carboxylic acids is 1. The molecule has 0 aromatic carbocycles. The molecule has 100 valence electrons. The fraction of sp³-hybridized carbons (Fsp3) is 0.0909. The van der Waals surface area contributed by atoms with Gasteiger partial charge in [0.25, 0.3) is 5.91 Å². The second-order valence-electron chi connectivity index (χ2n) is 3.62. The number of carbonyl (C=O) groups excluding carboxylic acids is 1. The highest BCUT2D eigenvalue weighted by Crippen LogP contribution is 2.33. The van der Waals surface area contributed by atoms with Crippen LogP contribution in [0.4, 0.5) is 5.69 Å². The average Bonchev–Trinajstić information content (AvgIpc) is 2.83. The molecule has 2 heterocycles. The van der Waals surface area contributed by atoms with E-state index in [1.165, 1.54) is 11.3 Å². The zero-order valence-electron chi connectivity index (χ0n) is 9.49. The number of halogens is 2. The number of hydrogen-bond donors (Lipinski definition) is 2. The quantitative estimate of drug-likeness (QED) is 0.756. The molecule has 2 N–H and O–H groups in total. The Labute approximate surface area is 133 Å². The topological polar surface area (TPSA) is 66.4 Å². The van der Waals surface area contributed by atoms with Crippen LogP contribution in [0.1, 0.15) is 25.6 Å². The highest BCUT2D eigenvalue weighted by atomic mass is 79.9. The Morgan fingerprint density at radius 1 is 1.37 bits per heavy atom. The van der Waals surface area contributed by atoms with Crippen molar-refractivity contribution in [2.75, 3.05) is 5.32 Å². The van der Waals surface area contributed by atoms with Crippen LogP contribution in [0.5, 0.6) is 0 Å². The molecule has 0 atom stereocenters. The molecule has 0 saturated heterocycles. The molecule has 0 spiro atoms. The second-order valence-corrected chi connectivity index (χ2v) is 8.25. The molecule has 0 saturated carbocycles. The average molecular weight is 425 g/mol. The SMILES string of the molecule is Cc1csc(C(=O)O)c1NC(=O)c1cc(Br)sc1Br. The smallest absolute Gasteiger partial charge is 0.348 e. The second kappa shape index (κ2) is 5.74. The minimum Gasteiger partial charge on any atom is -0.477 e. The van der Waals surface area contributed by atoms with Crippen molar-refractivity contribution in [2.45, 2.75) is 6.92 Å². The molecule has 0 fully saturated rings. The van der Waals surface area contributed by atoms with Crippen LogP contribution in [0.2, 0.25) is 0 Å². The van der Waals surface area contributed by atoms with Crippen LogP contribution >= 0.6 is 54.5 Å². The van der Waals surface area contributed by atoms with Gasteiger partial charge in [-0.25, -0.2) is 4.79 Å². The number of nitrogens with one attached hydrogen (secondary N) is 1. The Morgan fingerprint density at radius 3 is 2.58 bits per heavy atom. The van der Waals surface area contributed by atoms with Crippen molar-refractivity contribution < 1.29 is 14.7 Å². The number of aryl methyl sites for hydroxylation is 1. The van der Waals surface area contributed by atoms with Crippen LogP contribution in [0.15, 0.2) is 19.0 Å². The lowest BCUT2D eigenvalue weighted by Gasteiger charge is -2.05. The molecule has 2 aromatic rings. The van der Waals surface area contributed by atoms with Gasteiger partial charge in [0.2, 0.25) is 0 Å². The van der Waals surface area contributed by atoms with E-state index in [4.69, 9.17) is 5.11 Å². The van der Waals surface area contributed by atoms with Gasteiger partial charge in [0.15, 0.2) is 0 Å². The number of aromatic carboxylic acids is 1. The first-order valence-electron chi connectivity index (χ1n) is 4.97. The van der Waals surface area contributed by atoms with Crippen LogP contribution in [0, 0.1) is 6.92 Å². The molecule has 0 unspecified atom stereocenters. The summed E-state index contributed by atoms with van der Waals surface area (Å²) in [5.74, 6) is -1.38. The first-order chi connectivity index (χ1) is 8.90. The van der Waals surface area contributed by atoms with Crippen LogP contribution in [-0.4, -0.2) is 17.0 Å². The summed E-state index contributed by atoms with van der Waals surface area (Å²) in [6, 6.07) is 1.69. The van der Waals surface area contributed by atoms with Gasteiger partial charge in [0, 0.05) is 0 Å². The minimum atomic E-state index is -1.04. The van der Waals surface area contributed by atoms with E-state index in [1.807, 2.05) is 0 Å². The Bertz CT molecular complexity index is 663. The highest BCUT2D eigenvalue weighted by molar-refractivity contribution is 9.12. The third-order valence-corrected chi connectivity index (χ3v) is 5.73. The van der Waals surface area contributed by atoms with Gasteiger partial charge in [0.1, 0.15) is 4.88 Å². The maximum absolute atomic E-state index is 12.1. The summed E-state index contributed by atoms with van der Waals surface area (Å²) in [6.45, 7) is 1.76. The Balaban J connectivity index is 2.31. The number of rotatable bonds is 3. The van der Waals surface area contributed by atoms with Gasteiger partial charge >= 0.3 is 5.97 Å². The summed E-state index contributed by atoms with van der Waals surface area (Å²) >= 11 is 9.08. The summed E-state index contributed by atoms with van der Waals surface area (Å²) in [4.78, 5) is 23.3. The van der Waals surface area contributed by atoms with Crippen LogP contribution in [-0.2, 0) is 0 Å². The lowest BCUT2D eigenvalue weighted by molar-refractivity contribution is 0.0703. The van der Waals surface area contributed by atoms with Gasteiger partial charge in [0.05, 0.1) is 18.8 Å². The summed E-state index contributed by atoms with van der Waals surface area (Å²) in [5.41, 5.74) is 1.57. The van der Waals surface area contributed by atoms with Gasteiger partial charge < -0.3 is 10.4 Å². The van der Waals surface area contributed by atoms with E-state index < -0.39 is 5.97 Å². The van der Waals surface area contributed by atoms with Gasteiger partial charge in [-0.1, -0.05) is 0 Å². The van der Waals surface area contributed by atoms with Gasteiger partial charge in [-0.05, 0) is 55.8 Å². The van der Waals surface area contributed by atoms with Crippen molar-refractivity contribution in [3.63, 3.8) is 0 Å². The Kier molecular flexibility index (Phi) is 4.44. The third kappa shape index (κ3) is 3.07. The Hall–Kier alpha value is -0.700. The third-order valence-electron chi connectivity index (χ3n) is 2.31. The summed E-state index contributed by atoms with van der Waals surface area (Å²) in [7, 11) is 0. The first kappa shape index (κ1) is 14.7. The molecule has 8 heteroatoms. The minimum absolute atomic E-state index is 0.135. The van der Waals surface area contributed by atoms with Crippen molar-refractivity contribution >= 4 is 72.1 Å². The lowest BCUT2D eigenvalue weighted by Crippen LogP contribution is -2.13. The zero-order chi connectivity index (χ0) is 14.2. The van der Waals surface area contributed by atoms with Crippen molar-refractivity contribution in [2.24, 2.45) is 0 Å². The van der Waals surface area contributed by atoms with Crippen molar-refractivity contribution in [1.82, 2.24) is 0 Å². The predicted octanol–water partition coefficient (Wildman–Crippen LogP) is 4.59. The summed E-state index contributed by atoms with van der Waals surface area (Å²) < 4.78 is 1.52. The monoisotopic (exact) mass is 423 g/mol. The number of carboxylic acid groups (broad SMARTS) is 1. The highest BCUT2D eigenvalue weighted by Gasteiger charge is 2.20. The molecule has 1 amide bonds. The largest absolute Gasteiger partial charge is 0.477 e. The van der Waals surface area contributed by atoms with Crippen LogP contribution in [0.3, 0.4) is 0 Å². The fourth-order valence-electron chi connectivity index (χ4n) is 1.43. The Morgan fingerprint density at radius 2 is 2.05 bits per heavy atom. The number of hydrogen-bond acceptors (Lipinski definition) is 4. The van der Waals surface area contributed by atoms with E-state index in [-0.39, 0.29) is 10.8 Å². The predicted molar refractivity (Wildman–Crippen MR) is 83.7 cm³/mol. The normalized spacial score (nSPS) is 10.5. The number of carbonyl (C=O) groups is 2. The molecule has 4 nitrogen and oxygen atoms in total. The van der Waals surface area contributed by atoms with Gasteiger partial charge in [-0.2, -0.15) is 0 Å². The molecular weight excluding hydrogens is 418 g/mol. The van der Waals surface area contributed by atoms with E-state index >= 15 is 0 Å². The van der Waals surface area contributed by atoms with Crippen molar-refractivity contribution in [3.8, 4) is 0 Å². The van der Waals surface area contributed by atoms with Crippen molar-refractivity contribution in [1.29, 1.82) is 0 Å². The summed E-state index contributed by atoms with van der Waals surface area (Å²) in [5, 5.41) is 13.4. The molecule has 0 aliphatic carbocycles. The van der Waals surface area contributed by atoms with Crippen molar-refractivity contribution in [3.05, 3.63) is 35.0 Å². The summed E-state index contributed by atoms with van der Waals surface area (Å²) in [6.07, 6.45) is 0. The molecular formula is C11H7Br2NO3S2. The molecule has 0 aliphatic rings. The zero-order valence-corrected chi connectivity index (χ0v) is 14.3. The van der Waals surface area contributed by atoms with E-state index in [1.54, 1.807) is 18.4 Å². The van der Waals surface area contributed by atoms with E-state index in [0.29, 0.717) is 15.0 Å². The van der Waals surface area contributed by atoms with Gasteiger partial charge in [-0.3, -0.25) is 4.79 Å². The van der Waals surface area contributed by atoms with Crippen LogP contribution in [0.25, 0.3) is 0 Å².